The van der Waals surface area contributed by atoms with Crippen molar-refractivity contribution < 1.29 is 9.50 Å². The Kier molecular flexibility index (Phi) is 2.62. The van der Waals surface area contributed by atoms with Crippen molar-refractivity contribution in [2.75, 3.05) is 6.54 Å². The lowest BCUT2D eigenvalue weighted by atomic mass is 10.1. The zero-order valence-electron chi connectivity index (χ0n) is 6.50. The Balaban J connectivity index is 2.96. The smallest absolute Gasteiger partial charge is 0.165 e. The number of halogens is 1. The van der Waals surface area contributed by atoms with Crippen LogP contribution in [0.1, 0.15) is 11.6 Å². The maximum Gasteiger partial charge on any atom is 0.165 e. The molecule has 0 amide bonds. The minimum Gasteiger partial charge on any atom is -0.505 e. The number of hydrogen-bond donors (Lipinski definition) is 3. The van der Waals surface area contributed by atoms with Crippen LogP contribution < -0.4 is 11.5 Å². The van der Waals surface area contributed by atoms with Crippen molar-refractivity contribution >= 4 is 0 Å². The Labute approximate surface area is 69.8 Å². The van der Waals surface area contributed by atoms with Gasteiger partial charge in [0.15, 0.2) is 11.6 Å². The molecule has 0 radical (unpaired) electrons. The fourth-order valence-electron chi connectivity index (χ4n) is 0.890. The molecule has 1 aromatic carbocycles. The molecule has 66 valence electrons. The van der Waals surface area contributed by atoms with Crippen LogP contribution >= 0.6 is 0 Å². The molecule has 0 saturated carbocycles. The van der Waals surface area contributed by atoms with E-state index in [2.05, 4.69) is 0 Å². The SMILES string of the molecule is NC[C@@H](N)c1ccc(O)c(F)c1. The summed E-state index contributed by atoms with van der Waals surface area (Å²) in [5.74, 6) is -1.04. The van der Waals surface area contributed by atoms with Crippen LogP contribution in [0.5, 0.6) is 5.75 Å². The number of phenols is 1. The highest BCUT2D eigenvalue weighted by molar-refractivity contribution is 5.29. The Morgan fingerprint density at radius 2 is 2.17 bits per heavy atom. The second kappa shape index (κ2) is 3.51. The van der Waals surface area contributed by atoms with Crippen molar-refractivity contribution in [2.45, 2.75) is 6.04 Å². The van der Waals surface area contributed by atoms with Crippen LogP contribution in [0.15, 0.2) is 18.2 Å². The summed E-state index contributed by atoms with van der Waals surface area (Å²) >= 11 is 0. The van der Waals surface area contributed by atoms with Gasteiger partial charge in [-0.25, -0.2) is 4.39 Å². The highest BCUT2D eigenvalue weighted by atomic mass is 19.1. The molecule has 0 aromatic heterocycles. The minimum absolute atomic E-state index is 0.254. The Morgan fingerprint density at radius 1 is 1.50 bits per heavy atom. The van der Waals surface area contributed by atoms with Gasteiger partial charge in [0.25, 0.3) is 0 Å². The molecule has 12 heavy (non-hydrogen) atoms. The second-order valence-electron chi connectivity index (χ2n) is 2.55. The van der Waals surface area contributed by atoms with Gasteiger partial charge in [-0.3, -0.25) is 0 Å². The molecule has 0 aliphatic heterocycles. The van der Waals surface area contributed by atoms with E-state index in [0.29, 0.717) is 5.56 Å². The molecule has 0 fully saturated rings. The van der Waals surface area contributed by atoms with Crippen LogP contribution in [0.2, 0.25) is 0 Å². The van der Waals surface area contributed by atoms with Gasteiger partial charge in [0, 0.05) is 12.6 Å². The zero-order valence-corrected chi connectivity index (χ0v) is 6.50. The topological polar surface area (TPSA) is 72.3 Å². The molecule has 0 saturated heterocycles. The molecule has 4 heteroatoms. The third-order valence-electron chi connectivity index (χ3n) is 1.65. The van der Waals surface area contributed by atoms with E-state index >= 15 is 0 Å². The summed E-state index contributed by atoms with van der Waals surface area (Å²) in [4.78, 5) is 0. The molecule has 0 aliphatic rings. The van der Waals surface area contributed by atoms with Crippen LogP contribution in [-0.4, -0.2) is 11.7 Å². The van der Waals surface area contributed by atoms with E-state index in [1.807, 2.05) is 0 Å². The quantitative estimate of drug-likeness (QED) is 0.604. The molecule has 0 unspecified atom stereocenters. The lowest BCUT2D eigenvalue weighted by Crippen LogP contribution is -2.20. The molecule has 0 bridgehead atoms. The van der Waals surface area contributed by atoms with Gasteiger partial charge in [-0.2, -0.15) is 0 Å². The lowest BCUT2D eigenvalue weighted by molar-refractivity contribution is 0.431. The van der Waals surface area contributed by atoms with Gasteiger partial charge in [0.2, 0.25) is 0 Å². The summed E-state index contributed by atoms with van der Waals surface area (Å²) in [6.07, 6.45) is 0. The van der Waals surface area contributed by atoms with Crippen molar-refractivity contribution in [2.24, 2.45) is 11.5 Å². The first-order chi connectivity index (χ1) is 5.65. The second-order valence-corrected chi connectivity index (χ2v) is 2.55. The number of hydrogen-bond acceptors (Lipinski definition) is 3. The summed E-state index contributed by atoms with van der Waals surface area (Å²) in [7, 11) is 0. The zero-order chi connectivity index (χ0) is 9.14. The van der Waals surface area contributed by atoms with Crippen molar-refractivity contribution in [1.82, 2.24) is 0 Å². The standard InChI is InChI=1S/C8H11FN2O/c9-6-3-5(7(11)4-10)1-2-8(6)12/h1-3,7,12H,4,10-11H2/t7-/m1/s1. The van der Waals surface area contributed by atoms with Crippen LogP contribution in [-0.2, 0) is 0 Å². The molecule has 1 rings (SSSR count). The summed E-state index contributed by atoms with van der Waals surface area (Å²) in [6, 6.07) is 3.63. The number of nitrogens with two attached hydrogens (primary N) is 2. The third-order valence-corrected chi connectivity index (χ3v) is 1.65. The largest absolute Gasteiger partial charge is 0.505 e. The Morgan fingerprint density at radius 3 is 2.67 bits per heavy atom. The molecule has 0 spiro atoms. The minimum atomic E-state index is -0.670. The highest BCUT2D eigenvalue weighted by Crippen LogP contribution is 2.18. The molecule has 5 N–H and O–H groups in total. The number of benzene rings is 1. The van der Waals surface area contributed by atoms with Crippen molar-refractivity contribution in [3.05, 3.63) is 29.6 Å². The van der Waals surface area contributed by atoms with E-state index in [9.17, 15) is 4.39 Å². The average molecular weight is 170 g/mol. The number of phenolic OH excluding ortho intramolecular Hbond substituents is 1. The fraction of sp³-hybridized carbons (Fsp3) is 0.250. The van der Waals surface area contributed by atoms with Crippen molar-refractivity contribution in [3.8, 4) is 5.75 Å². The number of rotatable bonds is 2. The first-order valence-electron chi connectivity index (χ1n) is 3.59. The van der Waals surface area contributed by atoms with Crippen LogP contribution in [0.25, 0.3) is 0 Å². The van der Waals surface area contributed by atoms with E-state index in [1.54, 1.807) is 6.07 Å². The Bertz CT molecular complexity index is 278. The van der Waals surface area contributed by atoms with Gasteiger partial charge in [-0.05, 0) is 17.7 Å². The van der Waals surface area contributed by atoms with E-state index in [-0.39, 0.29) is 18.3 Å². The van der Waals surface area contributed by atoms with Gasteiger partial charge in [0.1, 0.15) is 0 Å². The van der Waals surface area contributed by atoms with Crippen molar-refractivity contribution in [1.29, 1.82) is 0 Å². The highest BCUT2D eigenvalue weighted by Gasteiger charge is 2.06. The van der Waals surface area contributed by atoms with Crippen LogP contribution in [0.4, 0.5) is 4.39 Å². The fourth-order valence-corrected chi connectivity index (χ4v) is 0.890. The number of aromatic hydroxyl groups is 1. The molecule has 3 nitrogen and oxygen atoms in total. The summed E-state index contributed by atoms with van der Waals surface area (Å²) in [5.41, 5.74) is 11.4. The van der Waals surface area contributed by atoms with Gasteiger partial charge in [-0.15, -0.1) is 0 Å². The molecule has 1 aromatic rings. The predicted octanol–water partition coefficient (Wildman–Crippen LogP) is 0.490. The maximum absolute atomic E-state index is 12.7. The average Bonchev–Trinajstić information content (AvgIpc) is 2.08. The van der Waals surface area contributed by atoms with E-state index < -0.39 is 5.82 Å². The van der Waals surface area contributed by atoms with Gasteiger partial charge >= 0.3 is 0 Å². The van der Waals surface area contributed by atoms with E-state index in [1.165, 1.54) is 12.1 Å². The molecule has 0 heterocycles. The van der Waals surface area contributed by atoms with E-state index in [0.717, 1.165) is 0 Å². The maximum atomic E-state index is 12.7. The monoisotopic (exact) mass is 170 g/mol. The first kappa shape index (κ1) is 8.96. The van der Waals surface area contributed by atoms with E-state index in [4.69, 9.17) is 16.6 Å². The summed E-state index contributed by atoms with van der Waals surface area (Å²) in [6.45, 7) is 0.254. The molecule has 0 aliphatic carbocycles. The van der Waals surface area contributed by atoms with Crippen LogP contribution in [0, 0.1) is 5.82 Å². The Hall–Kier alpha value is -1.13. The van der Waals surface area contributed by atoms with Gasteiger partial charge in [-0.1, -0.05) is 6.07 Å². The summed E-state index contributed by atoms with van der Waals surface area (Å²) in [5, 5.41) is 8.85. The van der Waals surface area contributed by atoms with Gasteiger partial charge < -0.3 is 16.6 Å². The first-order valence-corrected chi connectivity index (χ1v) is 3.59. The van der Waals surface area contributed by atoms with Crippen molar-refractivity contribution in [3.63, 3.8) is 0 Å². The summed E-state index contributed by atoms with van der Waals surface area (Å²) < 4.78 is 12.7. The molecular weight excluding hydrogens is 159 g/mol. The molecule has 1 atom stereocenters. The van der Waals surface area contributed by atoms with Gasteiger partial charge in [0.05, 0.1) is 0 Å². The normalized spacial score (nSPS) is 12.9. The lowest BCUT2D eigenvalue weighted by Gasteiger charge is -2.08. The molecular formula is C8H11FN2O. The predicted molar refractivity (Wildman–Crippen MR) is 44.0 cm³/mol. The third kappa shape index (κ3) is 1.72. The van der Waals surface area contributed by atoms with Crippen LogP contribution in [0.3, 0.4) is 0 Å².